The van der Waals surface area contributed by atoms with Gasteiger partial charge in [0.2, 0.25) is 0 Å². The average Bonchev–Trinajstić information content (AvgIpc) is 3.07. The Balaban J connectivity index is 1.98. The fourth-order valence-corrected chi connectivity index (χ4v) is 4.02. The summed E-state index contributed by atoms with van der Waals surface area (Å²) in [6.07, 6.45) is 2.06. The number of fused-ring (bicyclic) bond motifs is 1. The standard InChI is InChI=1S/C16H21NOS/c1-16(2,17-9-3-4-10-17)15(18)13-7-5-6-12-8-11-19-14(12)13/h5-8,11,15,18H,3-4,9-10H2,1-2H3. The number of thiophene rings is 1. The Bertz CT molecular complexity index is 569. The van der Waals surface area contributed by atoms with Crippen molar-refractivity contribution in [2.45, 2.75) is 38.3 Å². The van der Waals surface area contributed by atoms with Gasteiger partial charge in [0.25, 0.3) is 0 Å². The summed E-state index contributed by atoms with van der Waals surface area (Å²) in [6, 6.07) is 8.36. The van der Waals surface area contributed by atoms with Crippen LogP contribution in [-0.2, 0) is 0 Å². The molecule has 1 fully saturated rings. The minimum atomic E-state index is -0.437. The van der Waals surface area contributed by atoms with Crippen molar-refractivity contribution in [1.82, 2.24) is 4.90 Å². The first-order valence-corrected chi connectivity index (χ1v) is 7.88. The SMILES string of the molecule is CC(C)(C(O)c1cccc2ccsc12)N1CCCC1. The molecule has 2 nitrogen and oxygen atoms in total. The summed E-state index contributed by atoms with van der Waals surface area (Å²) in [6.45, 7) is 6.53. The number of hydrogen-bond donors (Lipinski definition) is 1. The van der Waals surface area contributed by atoms with Gasteiger partial charge in [-0.1, -0.05) is 18.2 Å². The Morgan fingerprint density at radius 1 is 1.21 bits per heavy atom. The summed E-state index contributed by atoms with van der Waals surface area (Å²) in [5.41, 5.74) is 0.874. The summed E-state index contributed by atoms with van der Waals surface area (Å²) in [4.78, 5) is 2.42. The van der Waals surface area contributed by atoms with E-state index in [1.54, 1.807) is 11.3 Å². The summed E-state index contributed by atoms with van der Waals surface area (Å²) in [5, 5.41) is 14.2. The topological polar surface area (TPSA) is 23.5 Å². The van der Waals surface area contributed by atoms with Crippen molar-refractivity contribution in [2.75, 3.05) is 13.1 Å². The van der Waals surface area contributed by atoms with E-state index in [1.807, 2.05) is 6.07 Å². The fourth-order valence-electron chi connectivity index (χ4n) is 3.08. The number of aliphatic hydroxyl groups is 1. The minimum absolute atomic E-state index is 0.200. The molecule has 0 radical (unpaired) electrons. The van der Waals surface area contributed by atoms with Crippen LogP contribution in [0.5, 0.6) is 0 Å². The molecule has 0 saturated carbocycles. The normalized spacial score (nSPS) is 19.1. The molecule has 2 aromatic rings. The molecule has 3 heteroatoms. The molecule has 2 heterocycles. The quantitative estimate of drug-likeness (QED) is 0.920. The van der Waals surface area contributed by atoms with Crippen LogP contribution >= 0.6 is 11.3 Å². The maximum Gasteiger partial charge on any atom is 0.0982 e. The second-order valence-electron chi connectivity index (χ2n) is 5.94. The molecule has 1 aromatic carbocycles. The Kier molecular flexibility index (Phi) is 3.37. The van der Waals surface area contributed by atoms with Gasteiger partial charge in [-0.2, -0.15) is 0 Å². The molecule has 0 bridgehead atoms. The maximum absolute atomic E-state index is 10.9. The molecular weight excluding hydrogens is 254 g/mol. The van der Waals surface area contributed by atoms with Gasteiger partial charge in [0, 0.05) is 15.8 Å². The van der Waals surface area contributed by atoms with Crippen LogP contribution in [0.3, 0.4) is 0 Å². The molecule has 0 aliphatic carbocycles. The van der Waals surface area contributed by atoms with Crippen molar-refractivity contribution in [2.24, 2.45) is 0 Å². The van der Waals surface area contributed by atoms with Gasteiger partial charge in [0.05, 0.1) is 6.10 Å². The predicted octanol–water partition coefficient (Wildman–Crippen LogP) is 3.81. The van der Waals surface area contributed by atoms with E-state index in [0.29, 0.717) is 0 Å². The highest BCUT2D eigenvalue weighted by Gasteiger charge is 2.37. The van der Waals surface area contributed by atoms with E-state index in [1.165, 1.54) is 22.9 Å². The van der Waals surface area contributed by atoms with E-state index in [4.69, 9.17) is 0 Å². The highest BCUT2D eigenvalue weighted by molar-refractivity contribution is 7.17. The maximum atomic E-state index is 10.9. The van der Waals surface area contributed by atoms with Crippen molar-refractivity contribution < 1.29 is 5.11 Å². The lowest BCUT2D eigenvalue weighted by molar-refractivity contribution is 0.00227. The predicted molar refractivity (Wildman–Crippen MR) is 81.7 cm³/mol. The van der Waals surface area contributed by atoms with Gasteiger partial charge >= 0.3 is 0 Å². The van der Waals surface area contributed by atoms with Gasteiger partial charge in [-0.25, -0.2) is 0 Å². The average molecular weight is 275 g/mol. The zero-order valence-corrected chi connectivity index (χ0v) is 12.4. The molecule has 0 spiro atoms. The fraction of sp³-hybridized carbons (Fsp3) is 0.500. The molecule has 102 valence electrons. The molecule has 1 aromatic heterocycles. The van der Waals surface area contributed by atoms with Crippen LogP contribution in [0.1, 0.15) is 38.4 Å². The Morgan fingerprint density at radius 3 is 2.68 bits per heavy atom. The lowest BCUT2D eigenvalue weighted by Gasteiger charge is -2.39. The number of rotatable bonds is 3. The second kappa shape index (κ2) is 4.89. The van der Waals surface area contributed by atoms with Crippen LogP contribution in [0.15, 0.2) is 29.6 Å². The first kappa shape index (κ1) is 13.1. The number of aliphatic hydroxyl groups excluding tert-OH is 1. The van der Waals surface area contributed by atoms with Crippen molar-refractivity contribution in [3.8, 4) is 0 Å². The smallest absolute Gasteiger partial charge is 0.0982 e. The van der Waals surface area contributed by atoms with Crippen LogP contribution in [0.4, 0.5) is 0 Å². The largest absolute Gasteiger partial charge is 0.386 e. The number of benzene rings is 1. The molecule has 1 aliphatic rings. The van der Waals surface area contributed by atoms with Gasteiger partial charge in [-0.15, -0.1) is 11.3 Å². The molecule has 1 N–H and O–H groups in total. The van der Waals surface area contributed by atoms with Crippen LogP contribution in [0, 0.1) is 0 Å². The van der Waals surface area contributed by atoms with Crippen molar-refractivity contribution in [1.29, 1.82) is 0 Å². The second-order valence-corrected chi connectivity index (χ2v) is 6.85. The zero-order valence-electron chi connectivity index (χ0n) is 11.6. The summed E-state index contributed by atoms with van der Waals surface area (Å²) in [7, 11) is 0. The Labute approximate surface area is 118 Å². The number of nitrogens with zero attached hydrogens (tertiary/aromatic N) is 1. The van der Waals surface area contributed by atoms with Gasteiger partial charge in [-0.05, 0) is 56.6 Å². The molecule has 19 heavy (non-hydrogen) atoms. The lowest BCUT2D eigenvalue weighted by Crippen LogP contribution is -2.46. The van der Waals surface area contributed by atoms with E-state index in [-0.39, 0.29) is 5.54 Å². The van der Waals surface area contributed by atoms with E-state index in [0.717, 1.165) is 18.7 Å². The molecular formula is C16H21NOS. The summed E-state index contributed by atoms with van der Waals surface area (Å²) in [5.74, 6) is 0. The van der Waals surface area contributed by atoms with Crippen LogP contribution < -0.4 is 0 Å². The van der Waals surface area contributed by atoms with E-state index < -0.39 is 6.10 Å². The van der Waals surface area contributed by atoms with Crippen molar-refractivity contribution in [3.63, 3.8) is 0 Å². The summed E-state index contributed by atoms with van der Waals surface area (Å²) < 4.78 is 1.22. The minimum Gasteiger partial charge on any atom is -0.386 e. The highest BCUT2D eigenvalue weighted by atomic mass is 32.1. The lowest BCUT2D eigenvalue weighted by atomic mass is 9.89. The monoisotopic (exact) mass is 275 g/mol. The first-order valence-electron chi connectivity index (χ1n) is 7.00. The molecule has 1 aliphatic heterocycles. The molecule has 3 rings (SSSR count). The van der Waals surface area contributed by atoms with Gasteiger partial charge in [0.1, 0.15) is 0 Å². The highest BCUT2D eigenvalue weighted by Crippen LogP contribution is 2.38. The third-order valence-corrected chi connectivity index (χ3v) is 5.37. The van der Waals surface area contributed by atoms with Gasteiger partial charge in [0.15, 0.2) is 0 Å². The molecule has 1 unspecified atom stereocenters. The van der Waals surface area contributed by atoms with Gasteiger partial charge in [-0.3, -0.25) is 4.90 Å². The van der Waals surface area contributed by atoms with E-state index in [2.05, 4.69) is 42.3 Å². The zero-order chi connectivity index (χ0) is 13.5. The van der Waals surface area contributed by atoms with Crippen molar-refractivity contribution >= 4 is 21.4 Å². The van der Waals surface area contributed by atoms with Crippen molar-refractivity contribution in [3.05, 3.63) is 35.2 Å². The summed E-state index contributed by atoms with van der Waals surface area (Å²) >= 11 is 1.72. The first-order chi connectivity index (χ1) is 9.10. The van der Waals surface area contributed by atoms with Crippen LogP contribution in [-0.4, -0.2) is 28.6 Å². The molecule has 1 saturated heterocycles. The third kappa shape index (κ3) is 2.20. The van der Waals surface area contributed by atoms with Crippen LogP contribution in [0.25, 0.3) is 10.1 Å². The third-order valence-electron chi connectivity index (χ3n) is 4.39. The number of hydrogen-bond acceptors (Lipinski definition) is 3. The van der Waals surface area contributed by atoms with Gasteiger partial charge < -0.3 is 5.11 Å². The van der Waals surface area contributed by atoms with Crippen LogP contribution in [0.2, 0.25) is 0 Å². The molecule has 0 amide bonds. The Morgan fingerprint density at radius 2 is 1.95 bits per heavy atom. The van der Waals surface area contributed by atoms with E-state index >= 15 is 0 Å². The Hall–Kier alpha value is -0.900. The van der Waals surface area contributed by atoms with E-state index in [9.17, 15) is 5.11 Å². The number of likely N-dealkylation sites (tertiary alicyclic amines) is 1. The molecule has 1 atom stereocenters.